The number of nitrogens with one attached hydrogen (secondary N) is 1. The first-order chi connectivity index (χ1) is 7.92. The fourth-order valence-electron chi connectivity index (χ4n) is 2.24. The molecule has 0 unspecified atom stereocenters. The first-order valence-corrected chi connectivity index (χ1v) is 6.82. The average Bonchev–Trinajstić information content (AvgIpc) is 2.26. The average molecular weight is 241 g/mol. The van der Waals surface area contributed by atoms with Gasteiger partial charge in [-0.25, -0.2) is 0 Å². The Hall–Kier alpha value is -0.570. The van der Waals surface area contributed by atoms with Gasteiger partial charge in [0.2, 0.25) is 0 Å². The largest absolute Gasteiger partial charge is 0.466 e. The van der Waals surface area contributed by atoms with E-state index in [1.807, 2.05) is 6.92 Å². The van der Waals surface area contributed by atoms with Crippen LogP contribution in [0.3, 0.4) is 0 Å². The molecule has 0 spiro atoms. The SMILES string of the molecule is CCOC(=O)C1CCC(NCC(C)(C)C)CC1. The Morgan fingerprint density at radius 2 is 1.82 bits per heavy atom. The molecule has 0 amide bonds. The molecule has 0 atom stereocenters. The molecule has 0 aromatic heterocycles. The monoisotopic (exact) mass is 241 g/mol. The molecule has 1 rings (SSSR count). The van der Waals surface area contributed by atoms with Crippen molar-refractivity contribution < 1.29 is 9.53 Å². The molecular formula is C14H27NO2. The second-order valence-corrected chi connectivity index (χ2v) is 6.24. The summed E-state index contributed by atoms with van der Waals surface area (Å²) in [6.07, 6.45) is 4.14. The summed E-state index contributed by atoms with van der Waals surface area (Å²) in [7, 11) is 0. The van der Waals surface area contributed by atoms with Crippen molar-refractivity contribution in [3.8, 4) is 0 Å². The van der Waals surface area contributed by atoms with Gasteiger partial charge in [0.05, 0.1) is 12.5 Å². The third-order valence-corrected chi connectivity index (χ3v) is 3.27. The molecule has 0 radical (unpaired) electrons. The number of rotatable bonds is 4. The van der Waals surface area contributed by atoms with Crippen molar-refractivity contribution in [2.24, 2.45) is 11.3 Å². The van der Waals surface area contributed by atoms with Crippen LogP contribution >= 0.6 is 0 Å². The maximum atomic E-state index is 11.6. The minimum absolute atomic E-state index is 0.00164. The van der Waals surface area contributed by atoms with Crippen LogP contribution in [0, 0.1) is 11.3 Å². The molecule has 17 heavy (non-hydrogen) atoms. The van der Waals surface area contributed by atoms with Crippen LogP contribution in [-0.2, 0) is 9.53 Å². The zero-order valence-electron chi connectivity index (χ0n) is 11.7. The first-order valence-electron chi connectivity index (χ1n) is 6.82. The van der Waals surface area contributed by atoms with Gasteiger partial charge >= 0.3 is 5.97 Å². The highest BCUT2D eigenvalue weighted by Gasteiger charge is 2.27. The predicted octanol–water partition coefficient (Wildman–Crippen LogP) is 2.74. The molecule has 1 saturated carbocycles. The lowest BCUT2D eigenvalue weighted by Crippen LogP contribution is -2.39. The van der Waals surface area contributed by atoms with E-state index in [1.165, 1.54) is 0 Å². The normalized spacial score (nSPS) is 25.6. The highest BCUT2D eigenvalue weighted by molar-refractivity contribution is 5.72. The standard InChI is InChI=1S/C14H27NO2/c1-5-17-13(16)11-6-8-12(9-7-11)15-10-14(2,3)4/h11-12,15H,5-10H2,1-4H3. The van der Waals surface area contributed by atoms with E-state index in [0.717, 1.165) is 32.2 Å². The summed E-state index contributed by atoms with van der Waals surface area (Å²) in [5.41, 5.74) is 0.331. The van der Waals surface area contributed by atoms with Crippen molar-refractivity contribution in [3.05, 3.63) is 0 Å². The highest BCUT2D eigenvalue weighted by atomic mass is 16.5. The zero-order valence-corrected chi connectivity index (χ0v) is 11.7. The van der Waals surface area contributed by atoms with Crippen LogP contribution in [0.4, 0.5) is 0 Å². The van der Waals surface area contributed by atoms with Crippen LogP contribution in [0.25, 0.3) is 0 Å². The van der Waals surface area contributed by atoms with Crippen LogP contribution in [0.5, 0.6) is 0 Å². The number of ether oxygens (including phenoxy) is 1. The molecule has 0 aliphatic heterocycles. The van der Waals surface area contributed by atoms with Crippen LogP contribution in [-0.4, -0.2) is 25.2 Å². The number of carbonyl (C=O) groups excluding carboxylic acids is 1. The fourth-order valence-corrected chi connectivity index (χ4v) is 2.24. The Bertz CT molecular complexity index is 237. The summed E-state index contributed by atoms with van der Waals surface area (Å²) >= 11 is 0. The van der Waals surface area contributed by atoms with Crippen LogP contribution < -0.4 is 5.32 Å². The second-order valence-electron chi connectivity index (χ2n) is 6.24. The molecule has 100 valence electrons. The molecule has 1 aliphatic rings. The molecule has 1 aliphatic carbocycles. The molecule has 0 aromatic rings. The van der Waals surface area contributed by atoms with E-state index in [2.05, 4.69) is 26.1 Å². The maximum Gasteiger partial charge on any atom is 0.308 e. The molecule has 0 saturated heterocycles. The Balaban J connectivity index is 2.24. The van der Waals surface area contributed by atoms with Crippen molar-refractivity contribution in [3.63, 3.8) is 0 Å². The van der Waals surface area contributed by atoms with Crippen molar-refractivity contribution in [2.75, 3.05) is 13.2 Å². The van der Waals surface area contributed by atoms with E-state index in [1.54, 1.807) is 0 Å². The predicted molar refractivity (Wildman–Crippen MR) is 69.8 cm³/mol. The summed E-state index contributed by atoms with van der Waals surface area (Å²) in [4.78, 5) is 11.6. The third kappa shape index (κ3) is 5.53. The van der Waals surface area contributed by atoms with Crippen molar-refractivity contribution in [2.45, 2.75) is 59.4 Å². The molecule has 0 aromatic carbocycles. The Morgan fingerprint density at radius 3 is 2.29 bits per heavy atom. The van der Waals surface area contributed by atoms with Crippen LogP contribution in [0.15, 0.2) is 0 Å². The lowest BCUT2D eigenvalue weighted by Gasteiger charge is -2.30. The van der Waals surface area contributed by atoms with Crippen LogP contribution in [0.2, 0.25) is 0 Å². The van der Waals surface area contributed by atoms with Crippen molar-refractivity contribution in [1.29, 1.82) is 0 Å². The molecule has 3 heteroatoms. The van der Waals surface area contributed by atoms with E-state index in [4.69, 9.17) is 4.74 Å². The molecule has 1 N–H and O–H groups in total. The highest BCUT2D eigenvalue weighted by Crippen LogP contribution is 2.26. The van der Waals surface area contributed by atoms with Crippen molar-refractivity contribution in [1.82, 2.24) is 5.32 Å². The van der Waals surface area contributed by atoms with Crippen LogP contribution in [0.1, 0.15) is 53.4 Å². The van der Waals surface area contributed by atoms with Gasteiger partial charge in [-0.2, -0.15) is 0 Å². The number of esters is 1. The van der Waals surface area contributed by atoms with Gasteiger partial charge in [0.15, 0.2) is 0 Å². The molecule has 0 heterocycles. The van der Waals surface area contributed by atoms with Gasteiger partial charge in [-0.15, -0.1) is 0 Å². The summed E-state index contributed by atoms with van der Waals surface area (Å²) < 4.78 is 5.07. The zero-order chi connectivity index (χ0) is 12.9. The van der Waals surface area contributed by atoms with E-state index in [0.29, 0.717) is 18.1 Å². The van der Waals surface area contributed by atoms with Gasteiger partial charge in [0, 0.05) is 12.6 Å². The summed E-state index contributed by atoms with van der Waals surface area (Å²) in [5, 5.41) is 3.60. The summed E-state index contributed by atoms with van der Waals surface area (Å²) in [6, 6.07) is 0.583. The smallest absolute Gasteiger partial charge is 0.308 e. The molecule has 1 fully saturated rings. The van der Waals surface area contributed by atoms with Gasteiger partial charge in [-0.3, -0.25) is 4.79 Å². The number of carbonyl (C=O) groups is 1. The lowest BCUT2D eigenvalue weighted by atomic mass is 9.85. The minimum atomic E-state index is 0.00164. The Morgan fingerprint density at radius 1 is 1.24 bits per heavy atom. The Kier molecular flexibility index (Phi) is 5.44. The van der Waals surface area contributed by atoms with E-state index >= 15 is 0 Å². The number of hydrogen-bond acceptors (Lipinski definition) is 3. The molecular weight excluding hydrogens is 214 g/mol. The molecule has 0 bridgehead atoms. The topological polar surface area (TPSA) is 38.3 Å². The van der Waals surface area contributed by atoms with E-state index in [-0.39, 0.29) is 11.9 Å². The van der Waals surface area contributed by atoms with E-state index in [9.17, 15) is 4.79 Å². The summed E-state index contributed by atoms with van der Waals surface area (Å²) in [6.45, 7) is 10.1. The molecule has 3 nitrogen and oxygen atoms in total. The van der Waals surface area contributed by atoms with Gasteiger partial charge in [0.25, 0.3) is 0 Å². The van der Waals surface area contributed by atoms with Gasteiger partial charge in [-0.05, 0) is 38.0 Å². The van der Waals surface area contributed by atoms with E-state index < -0.39 is 0 Å². The lowest BCUT2D eigenvalue weighted by molar-refractivity contribution is -0.149. The quantitative estimate of drug-likeness (QED) is 0.769. The van der Waals surface area contributed by atoms with Gasteiger partial charge < -0.3 is 10.1 Å². The number of hydrogen-bond donors (Lipinski definition) is 1. The summed E-state index contributed by atoms with van der Waals surface area (Å²) in [5.74, 6) is 0.143. The second kappa shape index (κ2) is 6.39. The first kappa shape index (κ1) is 14.5. The van der Waals surface area contributed by atoms with Crippen molar-refractivity contribution >= 4 is 5.97 Å². The van der Waals surface area contributed by atoms with Gasteiger partial charge in [0.1, 0.15) is 0 Å². The maximum absolute atomic E-state index is 11.6. The van der Waals surface area contributed by atoms with Gasteiger partial charge in [-0.1, -0.05) is 20.8 Å². The fraction of sp³-hybridized carbons (Fsp3) is 0.929. The minimum Gasteiger partial charge on any atom is -0.466 e. The Labute approximate surface area is 105 Å². The third-order valence-electron chi connectivity index (χ3n) is 3.27.